The molecule has 3 heterocycles. The van der Waals surface area contributed by atoms with Crippen molar-refractivity contribution in [2.24, 2.45) is 0 Å². The smallest absolute Gasteiger partial charge is 0.273 e. The first-order valence-electron chi connectivity index (χ1n) is 7.20. The van der Waals surface area contributed by atoms with Gasteiger partial charge >= 0.3 is 0 Å². The van der Waals surface area contributed by atoms with Gasteiger partial charge in [0.2, 0.25) is 5.88 Å². The summed E-state index contributed by atoms with van der Waals surface area (Å²) in [7, 11) is 3.17. The Morgan fingerprint density at radius 2 is 1.83 bits per heavy atom. The van der Waals surface area contributed by atoms with Gasteiger partial charge in [0.25, 0.3) is 5.56 Å². The molecule has 0 bridgehead atoms. The van der Waals surface area contributed by atoms with Crippen molar-refractivity contribution in [2.45, 2.75) is 0 Å². The fourth-order valence-corrected chi connectivity index (χ4v) is 3.73. The van der Waals surface area contributed by atoms with Crippen molar-refractivity contribution < 1.29 is 9.47 Å². The maximum absolute atomic E-state index is 12.9. The molecule has 0 amide bonds. The summed E-state index contributed by atoms with van der Waals surface area (Å²) in [5.74, 6) is 1.22. The Balaban J connectivity index is 1.98. The minimum Gasteiger partial charge on any atom is -0.497 e. The van der Waals surface area contributed by atoms with Crippen LogP contribution in [0.2, 0.25) is 0 Å². The second-order valence-corrected chi connectivity index (χ2v) is 6.10. The van der Waals surface area contributed by atoms with Crippen molar-refractivity contribution in [1.29, 1.82) is 0 Å². The van der Waals surface area contributed by atoms with Gasteiger partial charge in [0.15, 0.2) is 0 Å². The van der Waals surface area contributed by atoms with Crippen LogP contribution in [0.3, 0.4) is 0 Å². The molecule has 4 rings (SSSR count). The van der Waals surface area contributed by atoms with E-state index in [1.165, 1.54) is 17.7 Å². The molecule has 1 aromatic carbocycles. The van der Waals surface area contributed by atoms with E-state index >= 15 is 0 Å². The van der Waals surface area contributed by atoms with Gasteiger partial charge in [-0.3, -0.25) is 9.36 Å². The second-order valence-electron chi connectivity index (χ2n) is 5.10. The van der Waals surface area contributed by atoms with Gasteiger partial charge in [0, 0.05) is 17.3 Å². The van der Waals surface area contributed by atoms with Gasteiger partial charge in [-0.15, -0.1) is 11.3 Å². The number of benzene rings is 1. The molecule has 0 saturated heterocycles. The minimum absolute atomic E-state index is 0.0947. The number of nitrogens with zero attached hydrogens (tertiary/aromatic N) is 3. The van der Waals surface area contributed by atoms with Gasteiger partial charge in [0.1, 0.15) is 21.6 Å². The Morgan fingerprint density at radius 3 is 2.54 bits per heavy atom. The monoisotopic (exact) mass is 339 g/mol. The summed E-state index contributed by atoms with van der Waals surface area (Å²) >= 11 is 1.35. The molecule has 0 aliphatic rings. The zero-order valence-corrected chi connectivity index (χ0v) is 13.8. The van der Waals surface area contributed by atoms with Crippen LogP contribution in [0.15, 0.2) is 47.7 Å². The van der Waals surface area contributed by atoms with E-state index in [2.05, 4.69) is 9.97 Å². The Hall–Kier alpha value is -2.93. The molecule has 7 heteroatoms. The standard InChI is InChI=1S/C17H13N3O3S/c1-22-11-5-3-10(4-6-11)20-8-7-12-13-15(23-2)18-9-19-16(13)24-14(12)17(20)21/h3-9H,1-2H3. The first-order valence-corrected chi connectivity index (χ1v) is 8.02. The Morgan fingerprint density at radius 1 is 1.04 bits per heavy atom. The van der Waals surface area contributed by atoms with Crippen LogP contribution in [-0.2, 0) is 0 Å². The number of pyridine rings is 1. The lowest BCUT2D eigenvalue weighted by Crippen LogP contribution is -2.16. The van der Waals surface area contributed by atoms with Crippen molar-refractivity contribution in [3.8, 4) is 17.3 Å². The third-order valence-electron chi connectivity index (χ3n) is 3.84. The molecular weight excluding hydrogens is 326 g/mol. The maximum Gasteiger partial charge on any atom is 0.273 e. The van der Waals surface area contributed by atoms with E-state index < -0.39 is 0 Å². The van der Waals surface area contributed by atoms with Crippen LogP contribution in [0.4, 0.5) is 0 Å². The van der Waals surface area contributed by atoms with E-state index in [-0.39, 0.29) is 5.56 Å². The van der Waals surface area contributed by atoms with Crippen molar-refractivity contribution >= 4 is 31.6 Å². The third kappa shape index (κ3) is 2.13. The van der Waals surface area contributed by atoms with Crippen molar-refractivity contribution in [3.63, 3.8) is 0 Å². The number of hydrogen-bond acceptors (Lipinski definition) is 6. The Kier molecular flexibility index (Phi) is 3.42. The van der Waals surface area contributed by atoms with Gasteiger partial charge in [-0.25, -0.2) is 9.97 Å². The maximum atomic E-state index is 12.9. The largest absolute Gasteiger partial charge is 0.497 e. The normalized spacial score (nSPS) is 11.1. The molecule has 0 N–H and O–H groups in total. The summed E-state index contributed by atoms with van der Waals surface area (Å²) in [6.07, 6.45) is 3.20. The predicted octanol–water partition coefficient (Wildman–Crippen LogP) is 3.01. The molecule has 4 aromatic rings. The van der Waals surface area contributed by atoms with E-state index in [0.717, 1.165) is 27.0 Å². The highest BCUT2D eigenvalue weighted by Gasteiger charge is 2.15. The first-order chi connectivity index (χ1) is 11.7. The number of hydrogen-bond donors (Lipinski definition) is 0. The van der Waals surface area contributed by atoms with Gasteiger partial charge < -0.3 is 9.47 Å². The third-order valence-corrected chi connectivity index (χ3v) is 4.94. The molecule has 0 spiro atoms. The number of aromatic nitrogens is 3. The first kappa shape index (κ1) is 14.6. The molecule has 120 valence electrons. The highest BCUT2D eigenvalue weighted by molar-refractivity contribution is 7.25. The summed E-state index contributed by atoms with van der Waals surface area (Å²) < 4.78 is 12.7. The molecule has 6 nitrogen and oxygen atoms in total. The highest BCUT2D eigenvalue weighted by Crippen LogP contribution is 2.35. The molecule has 0 radical (unpaired) electrons. The van der Waals surface area contributed by atoms with Crippen molar-refractivity contribution in [3.05, 3.63) is 53.2 Å². The molecule has 0 atom stereocenters. The number of ether oxygens (including phenoxy) is 2. The molecule has 0 aliphatic heterocycles. The van der Waals surface area contributed by atoms with Crippen LogP contribution < -0.4 is 15.0 Å². The van der Waals surface area contributed by atoms with Gasteiger partial charge in [-0.2, -0.15) is 0 Å². The van der Waals surface area contributed by atoms with Crippen LogP contribution in [0.1, 0.15) is 0 Å². The van der Waals surface area contributed by atoms with E-state index in [1.807, 2.05) is 30.3 Å². The average Bonchev–Trinajstić information content (AvgIpc) is 3.02. The fraction of sp³-hybridized carbons (Fsp3) is 0.118. The van der Waals surface area contributed by atoms with Crippen LogP contribution in [-0.4, -0.2) is 28.8 Å². The van der Waals surface area contributed by atoms with Crippen LogP contribution in [0.25, 0.3) is 26.0 Å². The number of thiophene rings is 1. The molecule has 0 saturated carbocycles. The topological polar surface area (TPSA) is 66.2 Å². The zero-order valence-electron chi connectivity index (χ0n) is 13.0. The lowest BCUT2D eigenvalue weighted by Gasteiger charge is -2.07. The average molecular weight is 339 g/mol. The number of methoxy groups -OCH3 is 2. The van der Waals surface area contributed by atoms with E-state index in [4.69, 9.17) is 9.47 Å². The van der Waals surface area contributed by atoms with Crippen molar-refractivity contribution in [2.75, 3.05) is 14.2 Å². The predicted molar refractivity (Wildman–Crippen MR) is 93.6 cm³/mol. The summed E-state index contributed by atoms with van der Waals surface area (Å²) in [6, 6.07) is 9.24. The van der Waals surface area contributed by atoms with Gasteiger partial charge in [-0.1, -0.05) is 0 Å². The Bertz CT molecular complexity index is 1100. The zero-order chi connectivity index (χ0) is 16.7. The van der Waals surface area contributed by atoms with Crippen LogP contribution >= 0.6 is 11.3 Å². The van der Waals surface area contributed by atoms with Crippen molar-refractivity contribution in [1.82, 2.24) is 14.5 Å². The lowest BCUT2D eigenvalue weighted by molar-refractivity contribution is 0.403. The summed E-state index contributed by atoms with van der Waals surface area (Å²) in [6.45, 7) is 0. The van der Waals surface area contributed by atoms with E-state index in [0.29, 0.717) is 10.6 Å². The molecule has 0 unspecified atom stereocenters. The second kappa shape index (κ2) is 5.61. The van der Waals surface area contributed by atoms with Gasteiger partial charge in [0.05, 0.1) is 19.6 Å². The quantitative estimate of drug-likeness (QED) is 0.574. The van der Waals surface area contributed by atoms with E-state index in [1.54, 1.807) is 25.0 Å². The minimum atomic E-state index is -0.0947. The lowest BCUT2D eigenvalue weighted by atomic mass is 10.2. The number of fused-ring (bicyclic) bond motifs is 3. The SMILES string of the molecule is COc1ccc(-n2ccc3c(sc4ncnc(OC)c43)c2=O)cc1. The number of rotatable bonds is 3. The summed E-state index contributed by atoms with van der Waals surface area (Å²) in [4.78, 5) is 22.0. The van der Waals surface area contributed by atoms with E-state index in [9.17, 15) is 4.79 Å². The summed E-state index contributed by atoms with van der Waals surface area (Å²) in [5, 5.41) is 1.58. The molecule has 0 fully saturated rings. The molecular formula is C17H13N3O3S. The summed E-state index contributed by atoms with van der Waals surface area (Å²) in [5.41, 5.74) is 0.681. The Labute approximate surface area is 140 Å². The molecule has 0 aliphatic carbocycles. The molecule has 24 heavy (non-hydrogen) atoms. The van der Waals surface area contributed by atoms with Gasteiger partial charge in [-0.05, 0) is 30.3 Å². The highest BCUT2D eigenvalue weighted by atomic mass is 32.1. The van der Waals surface area contributed by atoms with Crippen LogP contribution in [0, 0.1) is 0 Å². The molecule has 3 aromatic heterocycles. The fourth-order valence-electron chi connectivity index (χ4n) is 2.67. The van der Waals surface area contributed by atoms with Crippen LogP contribution in [0.5, 0.6) is 11.6 Å².